The number of nitrogens with one attached hydrogen (secondary N) is 2. The highest BCUT2D eigenvalue weighted by Crippen LogP contribution is 2.44. The number of hydrogen-bond acceptors (Lipinski definition) is 9. The fraction of sp³-hybridized carbons (Fsp3) is 0.364. The van der Waals surface area contributed by atoms with Crippen molar-refractivity contribution in [2.24, 2.45) is 0 Å². The molecule has 1 aromatic carbocycles. The molecule has 1 amide bonds. The Balaban J connectivity index is 1.80. The van der Waals surface area contributed by atoms with E-state index in [0.717, 1.165) is 19.1 Å². The number of carbonyl (C=O) groups excluding carboxylic acids is 1. The van der Waals surface area contributed by atoms with Gasteiger partial charge in [-0.05, 0) is 44.9 Å². The number of methoxy groups -OCH3 is 1. The second-order valence-electron chi connectivity index (χ2n) is 8.50. The predicted molar refractivity (Wildman–Crippen MR) is 131 cm³/mol. The molecule has 1 aliphatic rings. The smallest absolute Gasteiger partial charge is 0.428 e. The summed E-state index contributed by atoms with van der Waals surface area (Å²) in [4.78, 5) is 25.2. The summed E-state index contributed by atoms with van der Waals surface area (Å²) < 4.78 is 51.9. The molecule has 2 heterocycles. The third kappa shape index (κ3) is 5.68. The van der Waals surface area contributed by atoms with E-state index in [1.165, 1.54) is 30.4 Å². The van der Waals surface area contributed by atoms with Crippen molar-refractivity contribution in [1.29, 1.82) is 0 Å². The number of hydrogen-bond donors (Lipinski definition) is 2. The summed E-state index contributed by atoms with van der Waals surface area (Å²) in [6.45, 7) is 3.54. The zero-order valence-corrected chi connectivity index (χ0v) is 21.4. The van der Waals surface area contributed by atoms with E-state index in [9.17, 15) is 13.2 Å². The molecule has 0 radical (unpaired) electrons. The maximum Gasteiger partial charge on any atom is 0.428 e. The molecule has 0 spiro atoms. The van der Waals surface area contributed by atoms with Crippen LogP contribution in [-0.4, -0.2) is 53.9 Å². The van der Waals surface area contributed by atoms with Gasteiger partial charge in [-0.3, -0.25) is 10.1 Å². The van der Waals surface area contributed by atoms with Gasteiger partial charge in [0.15, 0.2) is 17.5 Å². The number of ether oxygens (including phenoxy) is 1. The van der Waals surface area contributed by atoms with Gasteiger partial charge < -0.3 is 9.15 Å². The molecule has 11 nitrogen and oxygen atoms in total. The van der Waals surface area contributed by atoms with E-state index in [4.69, 9.17) is 20.8 Å². The average molecular weight is 539 g/mol. The fourth-order valence-electron chi connectivity index (χ4n) is 3.36. The quantitative estimate of drug-likeness (QED) is 0.392. The van der Waals surface area contributed by atoms with Crippen LogP contribution in [0.4, 0.5) is 20.8 Å². The number of benzene rings is 1. The second kappa shape index (κ2) is 9.90. The van der Waals surface area contributed by atoms with E-state index < -0.39 is 21.9 Å². The maximum atomic E-state index is 15.5. The van der Waals surface area contributed by atoms with Gasteiger partial charge in [-0.1, -0.05) is 11.6 Å². The monoisotopic (exact) mass is 538 g/mol. The number of carbonyl (C=O) groups is 1. The van der Waals surface area contributed by atoms with Crippen LogP contribution in [0.1, 0.15) is 38.5 Å². The molecule has 1 fully saturated rings. The lowest BCUT2D eigenvalue weighted by Crippen LogP contribution is -2.41. The lowest BCUT2D eigenvalue weighted by molar-refractivity contribution is 0.122. The van der Waals surface area contributed by atoms with Crippen molar-refractivity contribution in [2.45, 2.75) is 38.6 Å². The van der Waals surface area contributed by atoms with Crippen LogP contribution in [0.5, 0.6) is 0 Å². The predicted octanol–water partition coefficient (Wildman–Crippen LogP) is 4.64. The Morgan fingerprint density at radius 2 is 2.03 bits per heavy atom. The van der Waals surface area contributed by atoms with E-state index in [1.54, 1.807) is 19.9 Å². The summed E-state index contributed by atoms with van der Waals surface area (Å²) in [6, 6.07) is 3.76. The fourth-order valence-corrected chi connectivity index (χ4v) is 4.13. The van der Waals surface area contributed by atoms with Crippen molar-refractivity contribution in [3.63, 3.8) is 0 Å². The van der Waals surface area contributed by atoms with Crippen LogP contribution in [0.25, 0.3) is 22.7 Å². The van der Waals surface area contributed by atoms with Crippen molar-refractivity contribution in [2.75, 3.05) is 23.5 Å². The van der Waals surface area contributed by atoms with Gasteiger partial charge in [0.2, 0.25) is 16.0 Å². The van der Waals surface area contributed by atoms with E-state index in [0.29, 0.717) is 5.89 Å². The van der Waals surface area contributed by atoms with E-state index in [-0.39, 0.29) is 51.3 Å². The summed E-state index contributed by atoms with van der Waals surface area (Å²) in [7, 11) is -2.52. The molecule has 36 heavy (non-hydrogen) atoms. The third-order valence-electron chi connectivity index (χ3n) is 5.15. The Morgan fingerprint density at radius 1 is 1.31 bits per heavy atom. The summed E-state index contributed by atoms with van der Waals surface area (Å²) >= 11 is 6.19. The summed E-state index contributed by atoms with van der Waals surface area (Å²) in [5.74, 6) is -0.172. The van der Waals surface area contributed by atoms with Gasteiger partial charge in [-0.25, -0.2) is 37.6 Å². The normalized spacial score (nSPS) is 13.5. The van der Waals surface area contributed by atoms with Crippen molar-refractivity contribution in [3.05, 3.63) is 41.1 Å². The highest BCUT2D eigenvalue weighted by atomic mass is 35.5. The Labute approximate surface area is 212 Å². The molecule has 2 aromatic heterocycles. The van der Waals surface area contributed by atoms with Gasteiger partial charge in [0.25, 0.3) is 0 Å². The van der Waals surface area contributed by atoms with Crippen molar-refractivity contribution in [1.82, 2.24) is 20.0 Å². The largest absolute Gasteiger partial charge is 0.452 e. The molecule has 14 heteroatoms. The molecule has 2 N–H and O–H groups in total. The summed E-state index contributed by atoms with van der Waals surface area (Å²) in [5.41, 5.74) is 2.77. The maximum absolute atomic E-state index is 15.5. The van der Waals surface area contributed by atoms with Crippen LogP contribution in [-0.2, 0) is 14.8 Å². The summed E-state index contributed by atoms with van der Waals surface area (Å²) in [6.07, 6.45) is 3.45. The molecule has 0 saturated heterocycles. The van der Waals surface area contributed by atoms with Crippen LogP contribution < -0.4 is 10.1 Å². The Morgan fingerprint density at radius 3 is 2.64 bits per heavy atom. The Kier molecular flexibility index (Phi) is 7.05. The molecule has 192 valence electrons. The van der Waals surface area contributed by atoms with Crippen molar-refractivity contribution >= 4 is 39.4 Å². The van der Waals surface area contributed by atoms with Gasteiger partial charge in [0, 0.05) is 22.7 Å². The number of oxazole rings is 1. The minimum absolute atomic E-state index is 0.0629. The number of rotatable bonds is 8. The van der Waals surface area contributed by atoms with Crippen LogP contribution in [0.3, 0.4) is 0 Å². The van der Waals surface area contributed by atoms with E-state index in [1.807, 2.05) is 0 Å². The number of hydrazine groups is 1. The lowest BCUT2D eigenvalue weighted by atomic mass is 10.1. The highest BCUT2D eigenvalue weighted by Gasteiger charge is 2.32. The molecule has 0 atom stereocenters. The number of halogens is 2. The first-order valence-electron chi connectivity index (χ1n) is 10.9. The first-order chi connectivity index (χ1) is 17.0. The van der Waals surface area contributed by atoms with E-state index >= 15 is 4.39 Å². The molecule has 0 bridgehead atoms. The van der Waals surface area contributed by atoms with Gasteiger partial charge in [0.05, 0.1) is 25.1 Å². The number of amides is 1. The average Bonchev–Trinajstić information content (AvgIpc) is 3.56. The SMILES string of the molecule is COC(=O)N(Nc1nccc(-c2oc(C3CC3)nc2-c2cc(Cl)cc(NS(C)(=O)=O)c2F)n1)C(C)C. The number of aromatic nitrogens is 3. The molecule has 4 rings (SSSR count). The zero-order valence-electron chi connectivity index (χ0n) is 19.9. The number of anilines is 2. The lowest BCUT2D eigenvalue weighted by Gasteiger charge is -2.25. The van der Waals surface area contributed by atoms with Gasteiger partial charge in [-0.2, -0.15) is 0 Å². The molecular weight excluding hydrogens is 515 g/mol. The molecule has 1 saturated carbocycles. The molecule has 0 unspecified atom stereocenters. The first kappa shape index (κ1) is 25.6. The van der Waals surface area contributed by atoms with Crippen molar-refractivity contribution in [3.8, 4) is 22.7 Å². The molecule has 0 aliphatic heterocycles. The van der Waals surface area contributed by atoms with Crippen LogP contribution in [0, 0.1) is 5.82 Å². The molecular formula is C22H24ClFN6O5S. The highest BCUT2D eigenvalue weighted by molar-refractivity contribution is 7.92. The number of sulfonamides is 1. The standard InChI is InChI=1S/C22H24ClFN6O5S/c1-11(2)30(22(31)34-3)28-21-25-8-7-15(26-21)19-18(27-20(35-19)12-5-6-12)14-9-13(23)10-16(17(14)24)29-36(4,32)33/h7-12,29H,5-6H2,1-4H3,(H,25,26,28). The molecule has 1 aliphatic carbocycles. The zero-order chi connectivity index (χ0) is 26.2. The van der Waals surface area contributed by atoms with Crippen LogP contribution in [0.15, 0.2) is 28.8 Å². The second-order valence-corrected chi connectivity index (χ2v) is 10.7. The summed E-state index contributed by atoms with van der Waals surface area (Å²) in [5, 5.41) is 1.30. The van der Waals surface area contributed by atoms with Gasteiger partial charge in [-0.15, -0.1) is 0 Å². The topological polar surface area (TPSA) is 140 Å². The number of nitrogens with zero attached hydrogens (tertiary/aromatic N) is 4. The Bertz CT molecular complexity index is 1410. The van der Waals surface area contributed by atoms with Gasteiger partial charge in [0.1, 0.15) is 11.4 Å². The Hall–Kier alpha value is -3.45. The van der Waals surface area contributed by atoms with Crippen molar-refractivity contribution < 1.29 is 26.8 Å². The third-order valence-corrected chi connectivity index (χ3v) is 5.96. The minimum Gasteiger partial charge on any atom is -0.452 e. The minimum atomic E-state index is -3.77. The first-order valence-corrected chi connectivity index (χ1v) is 13.2. The van der Waals surface area contributed by atoms with Gasteiger partial charge >= 0.3 is 6.09 Å². The van der Waals surface area contributed by atoms with E-state index in [2.05, 4.69) is 25.1 Å². The van der Waals surface area contributed by atoms with Crippen LogP contribution >= 0.6 is 11.6 Å². The molecule has 3 aromatic rings. The van der Waals surface area contributed by atoms with Crippen LogP contribution in [0.2, 0.25) is 5.02 Å².